The summed E-state index contributed by atoms with van der Waals surface area (Å²) in [6, 6.07) is 0. The molecule has 0 aromatic carbocycles. The van der Waals surface area contributed by atoms with Crippen molar-refractivity contribution in [3.05, 3.63) is 0 Å². The molecule has 0 saturated heterocycles. The van der Waals surface area contributed by atoms with Gasteiger partial charge in [0, 0.05) is 0 Å². The molecule has 0 bridgehead atoms. The molecule has 0 aliphatic rings. The molecular weight excluding hydrogens is 687 g/mol. The first kappa shape index (κ1) is 26.8. The molecule has 16 heavy (non-hydrogen) atoms. The fourth-order valence-electron chi connectivity index (χ4n) is 0. The first-order chi connectivity index (χ1) is 4.90. The van der Waals surface area contributed by atoms with Crippen LogP contribution in [-0.2, 0) is 44.8 Å². The molecule has 0 aromatic heterocycles. The predicted octanol–water partition coefficient (Wildman–Crippen LogP) is 4.28. The molecule has 0 aliphatic heterocycles. The third-order valence-electron chi connectivity index (χ3n) is 0. The average molecular weight is 687 g/mol. The average Bonchev–Trinajstić information content (AvgIpc) is 0.938. The van der Waals surface area contributed by atoms with Crippen molar-refractivity contribution >= 4 is 39.0 Å². The zero-order valence-corrected chi connectivity index (χ0v) is 14.1. The minimum atomic E-state index is -11.2. The Kier molecular flexibility index (Phi) is 7.35. The van der Waals surface area contributed by atoms with Crippen molar-refractivity contribution in [3.8, 4) is 0 Å². The summed E-state index contributed by atoms with van der Waals surface area (Å²) in [7, 11) is 0. The summed E-state index contributed by atoms with van der Waals surface area (Å²) in [5.74, 6) is 0. The Hall–Kier alpha value is 2.28. The van der Waals surface area contributed by atoms with E-state index >= 15 is 0 Å². The van der Waals surface area contributed by atoms with Crippen LogP contribution in [-0.4, -0.2) is 39.0 Å². The monoisotopic (exact) mass is 684 g/mol. The van der Waals surface area contributed by atoms with E-state index in [4.69, 9.17) is 0 Å². The topological polar surface area (TPSA) is 0 Å². The van der Waals surface area contributed by atoms with Crippen molar-refractivity contribution < 1.29 is 78.5 Å². The molecule has 0 rings (SSSR count). The van der Waals surface area contributed by atoms with Crippen molar-refractivity contribution in [1.29, 1.82) is 0 Å². The Morgan fingerprint density at radius 2 is 0.312 bits per heavy atom. The van der Waals surface area contributed by atoms with Gasteiger partial charge in [0.15, 0.2) is 0 Å². The third kappa shape index (κ3) is 733. The van der Waals surface area contributed by atoms with Crippen LogP contribution in [0, 0.1) is 0 Å². The summed E-state index contributed by atoms with van der Waals surface area (Å²) in [6.45, 7) is 0. The normalized spacial score (nSPS) is 20.2. The molecule has 0 heterocycles. The quantitative estimate of drug-likeness (QED) is 0.264. The second kappa shape index (κ2) is 4.39. The molecular formula is Ag2F12Sb2. The van der Waals surface area contributed by atoms with Crippen LogP contribution in [0.2, 0.25) is 0 Å². The van der Waals surface area contributed by atoms with Gasteiger partial charge < -0.3 is 0 Å². The summed E-state index contributed by atoms with van der Waals surface area (Å²) in [5.41, 5.74) is 0. The van der Waals surface area contributed by atoms with Crippen LogP contribution in [0.3, 0.4) is 0 Å². The minimum absolute atomic E-state index is 0. The summed E-state index contributed by atoms with van der Waals surface area (Å²) in [4.78, 5) is 0. The van der Waals surface area contributed by atoms with Crippen molar-refractivity contribution in [2.75, 3.05) is 0 Å². The Morgan fingerprint density at radius 3 is 0.312 bits per heavy atom. The van der Waals surface area contributed by atoms with Crippen LogP contribution >= 0.6 is 0 Å². The second-order valence-corrected chi connectivity index (χ2v) is 12.9. The van der Waals surface area contributed by atoms with Gasteiger partial charge in [0.05, 0.1) is 0 Å². The van der Waals surface area contributed by atoms with E-state index in [1.807, 2.05) is 0 Å². The number of hydrogen-bond acceptors (Lipinski definition) is 0. The van der Waals surface area contributed by atoms with Crippen molar-refractivity contribution in [3.63, 3.8) is 0 Å². The molecule has 0 unspecified atom stereocenters. The molecule has 0 atom stereocenters. The van der Waals surface area contributed by atoms with Crippen molar-refractivity contribution in [2.24, 2.45) is 0 Å². The van der Waals surface area contributed by atoms with Crippen LogP contribution in [0.1, 0.15) is 0 Å². The second-order valence-electron chi connectivity index (χ2n) is 1.92. The molecule has 0 amide bonds. The fraction of sp³-hybridized carbons (Fsp3) is 0. The first-order valence-corrected chi connectivity index (χ1v) is 13.6. The van der Waals surface area contributed by atoms with Crippen LogP contribution in [0.4, 0.5) is 33.8 Å². The molecule has 116 valence electrons. The van der Waals surface area contributed by atoms with E-state index in [-0.39, 0.29) is 44.8 Å². The summed E-state index contributed by atoms with van der Waals surface area (Å²) >= 11 is -22.5. The van der Waals surface area contributed by atoms with E-state index in [1.54, 1.807) is 0 Å². The number of rotatable bonds is 0. The van der Waals surface area contributed by atoms with E-state index in [9.17, 15) is 33.8 Å². The van der Waals surface area contributed by atoms with Crippen LogP contribution < -0.4 is 0 Å². The van der Waals surface area contributed by atoms with Gasteiger partial charge in [-0.3, -0.25) is 0 Å². The fourth-order valence-corrected chi connectivity index (χ4v) is 0. The van der Waals surface area contributed by atoms with E-state index < -0.39 is 39.0 Å². The van der Waals surface area contributed by atoms with Crippen LogP contribution in [0.25, 0.3) is 0 Å². The molecule has 0 saturated carbocycles. The molecule has 0 aliphatic carbocycles. The van der Waals surface area contributed by atoms with E-state index in [1.165, 1.54) is 0 Å². The van der Waals surface area contributed by atoms with Gasteiger partial charge in [0.1, 0.15) is 0 Å². The van der Waals surface area contributed by atoms with Crippen LogP contribution in [0.5, 0.6) is 0 Å². The first-order valence-electron chi connectivity index (χ1n) is 2.03. The van der Waals surface area contributed by atoms with E-state index in [2.05, 4.69) is 0 Å². The standard InChI is InChI=1S/2Ag.12FH.2Sb/h;;12*1H;;/q2*+1;;;;;;;;;;;;;2*+5/p-12. The number of halogens is 12. The van der Waals surface area contributed by atoms with Gasteiger partial charge in [-0.05, 0) is 0 Å². The van der Waals surface area contributed by atoms with E-state index in [0.717, 1.165) is 0 Å². The molecule has 0 spiro atoms. The third-order valence-corrected chi connectivity index (χ3v) is 0. The Balaban J connectivity index is -0.0000000800. The van der Waals surface area contributed by atoms with Gasteiger partial charge in [0.2, 0.25) is 0 Å². The van der Waals surface area contributed by atoms with Gasteiger partial charge in [-0.25, -0.2) is 0 Å². The zero-order valence-electron chi connectivity index (χ0n) is 6.03. The zero-order chi connectivity index (χ0) is 12.8. The van der Waals surface area contributed by atoms with Crippen LogP contribution in [0.15, 0.2) is 0 Å². The Bertz CT molecular complexity index is 164. The molecule has 0 radical (unpaired) electrons. The maximum absolute atomic E-state index is 11.2. The van der Waals surface area contributed by atoms with Crippen molar-refractivity contribution in [2.45, 2.75) is 0 Å². The molecule has 0 nitrogen and oxygen atoms in total. The molecule has 0 aromatic rings. The number of hydrogen-bond donors (Lipinski definition) is 0. The summed E-state index contributed by atoms with van der Waals surface area (Å²) in [6.07, 6.45) is 0. The summed E-state index contributed by atoms with van der Waals surface area (Å²) in [5, 5.41) is 0. The van der Waals surface area contributed by atoms with Gasteiger partial charge in [0.25, 0.3) is 0 Å². The Morgan fingerprint density at radius 1 is 0.312 bits per heavy atom. The molecule has 0 N–H and O–H groups in total. The SMILES string of the molecule is [Ag+].[Ag+].[F][Sb-]([F])([F])([F])([F])[F].[F][Sb-]([F])([F])([F])([F])[F]. The van der Waals surface area contributed by atoms with Gasteiger partial charge in [-0.1, -0.05) is 0 Å². The Labute approximate surface area is 116 Å². The van der Waals surface area contributed by atoms with Gasteiger partial charge >= 0.3 is 117 Å². The van der Waals surface area contributed by atoms with Gasteiger partial charge in [-0.2, -0.15) is 0 Å². The maximum atomic E-state index is 9.93. The van der Waals surface area contributed by atoms with Crippen molar-refractivity contribution in [1.82, 2.24) is 0 Å². The predicted molar refractivity (Wildman–Crippen MR) is 24.8 cm³/mol. The molecule has 16 heteroatoms. The van der Waals surface area contributed by atoms with Gasteiger partial charge in [-0.15, -0.1) is 0 Å². The van der Waals surface area contributed by atoms with E-state index in [0.29, 0.717) is 0 Å². The summed E-state index contributed by atoms with van der Waals surface area (Å²) < 4.78 is 119. The molecule has 0 fully saturated rings.